The van der Waals surface area contributed by atoms with Gasteiger partial charge in [-0.15, -0.1) is 11.3 Å². The summed E-state index contributed by atoms with van der Waals surface area (Å²) in [5, 5.41) is 5.99. The Morgan fingerprint density at radius 3 is 2.40 bits per heavy atom. The molecule has 2 fully saturated rings. The molecule has 40 heavy (non-hydrogen) atoms. The van der Waals surface area contributed by atoms with E-state index in [-0.39, 0.29) is 23.8 Å². The molecule has 2 aliphatic heterocycles. The van der Waals surface area contributed by atoms with E-state index >= 15 is 0 Å². The number of nitrogens with zero attached hydrogens (tertiary/aromatic N) is 3. The molecule has 2 saturated heterocycles. The van der Waals surface area contributed by atoms with Gasteiger partial charge in [0.05, 0.1) is 31.9 Å². The van der Waals surface area contributed by atoms with E-state index in [9.17, 15) is 9.59 Å². The van der Waals surface area contributed by atoms with E-state index in [1.807, 2.05) is 16.3 Å². The van der Waals surface area contributed by atoms with Crippen molar-refractivity contribution < 1.29 is 23.8 Å². The lowest BCUT2D eigenvalue weighted by Crippen LogP contribution is -2.38. The predicted octanol–water partition coefficient (Wildman–Crippen LogP) is 4.19. The second-order valence-corrected chi connectivity index (χ2v) is 11.1. The van der Waals surface area contributed by atoms with E-state index in [1.165, 1.54) is 31.1 Å². The van der Waals surface area contributed by atoms with E-state index in [0.29, 0.717) is 41.6 Å². The van der Waals surface area contributed by atoms with Crippen LogP contribution in [-0.2, 0) is 6.54 Å². The Bertz CT molecular complexity index is 1320. The fraction of sp³-hybridized carbons (Fsp3) is 0.433. The number of likely N-dealkylation sites (tertiary alicyclic amines) is 2. The summed E-state index contributed by atoms with van der Waals surface area (Å²) < 4.78 is 16.3. The second kappa shape index (κ2) is 12.7. The van der Waals surface area contributed by atoms with Crippen LogP contribution in [0.3, 0.4) is 0 Å². The van der Waals surface area contributed by atoms with Gasteiger partial charge >= 0.3 is 0 Å². The molecule has 9 nitrogen and oxygen atoms in total. The molecule has 3 aromatic rings. The van der Waals surface area contributed by atoms with Gasteiger partial charge in [-0.25, -0.2) is 4.98 Å². The van der Waals surface area contributed by atoms with E-state index in [4.69, 9.17) is 19.2 Å². The Morgan fingerprint density at radius 2 is 1.70 bits per heavy atom. The van der Waals surface area contributed by atoms with Crippen molar-refractivity contribution >= 4 is 23.2 Å². The number of piperidine rings is 1. The molecule has 0 spiro atoms. The molecule has 212 valence electrons. The maximum atomic E-state index is 13.4. The van der Waals surface area contributed by atoms with Gasteiger partial charge < -0.3 is 24.4 Å². The quantitative estimate of drug-likeness (QED) is 0.417. The first-order valence-electron chi connectivity index (χ1n) is 13.6. The highest BCUT2D eigenvalue weighted by Gasteiger charge is 2.30. The largest absolute Gasteiger partial charge is 0.493 e. The van der Waals surface area contributed by atoms with Crippen LogP contribution in [0.5, 0.6) is 17.2 Å². The highest BCUT2D eigenvalue weighted by Crippen LogP contribution is 2.41. The first kappa shape index (κ1) is 27.9. The highest BCUT2D eigenvalue weighted by molar-refractivity contribution is 7.09. The van der Waals surface area contributed by atoms with Gasteiger partial charge in [-0.3, -0.25) is 14.5 Å². The van der Waals surface area contributed by atoms with E-state index in [0.717, 1.165) is 43.9 Å². The number of rotatable bonds is 9. The fourth-order valence-electron chi connectivity index (χ4n) is 5.54. The number of thiazole rings is 1. The van der Waals surface area contributed by atoms with Gasteiger partial charge in [-0.2, -0.15) is 0 Å². The molecule has 0 radical (unpaired) electrons. The lowest BCUT2D eigenvalue weighted by molar-refractivity contribution is 0.0708. The molecular formula is C30H36N4O5S. The zero-order valence-electron chi connectivity index (χ0n) is 23.2. The van der Waals surface area contributed by atoms with Crippen LogP contribution in [-0.4, -0.2) is 80.1 Å². The molecular weight excluding hydrogens is 528 g/mol. The molecule has 5 rings (SSSR count). The number of ether oxygens (including phenoxy) is 3. The van der Waals surface area contributed by atoms with Crippen LogP contribution >= 0.6 is 11.3 Å². The summed E-state index contributed by atoms with van der Waals surface area (Å²) in [6, 6.07) is 14.0. The van der Waals surface area contributed by atoms with Gasteiger partial charge in [0.15, 0.2) is 11.5 Å². The van der Waals surface area contributed by atoms with E-state index < -0.39 is 0 Å². The van der Waals surface area contributed by atoms with Crippen LogP contribution in [0.2, 0.25) is 0 Å². The summed E-state index contributed by atoms with van der Waals surface area (Å²) >= 11 is 1.53. The Labute approximate surface area is 239 Å². The van der Waals surface area contributed by atoms with Crippen molar-refractivity contribution in [2.75, 3.05) is 47.5 Å². The van der Waals surface area contributed by atoms with Crippen molar-refractivity contribution in [3.8, 4) is 17.2 Å². The van der Waals surface area contributed by atoms with Crippen LogP contribution in [0.1, 0.15) is 56.6 Å². The fourth-order valence-corrected chi connectivity index (χ4v) is 6.52. The molecule has 10 heteroatoms. The Kier molecular flexibility index (Phi) is 8.86. The SMILES string of the molecule is COc1ccc(C(=O)N2CCC(c3nc(C(=O)NC4CCN(Cc5ccccc5)C4)cs3)CC2)c(OC)c1OC. The summed E-state index contributed by atoms with van der Waals surface area (Å²) in [6.07, 6.45) is 2.51. The minimum atomic E-state index is -0.109. The van der Waals surface area contributed by atoms with Gasteiger partial charge in [0.25, 0.3) is 11.8 Å². The number of methoxy groups -OCH3 is 3. The summed E-state index contributed by atoms with van der Waals surface area (Å²) in [5.41, 5.74) is 2.21. The first-order valence-corrected chi connectivity index (χ1v) is 14.5. The number of hydrogen-bond donors (Lipinski definition) is 1. The molecule has 0 aliphatic carbocycles. The van der Waals surface area contributed by atoms with Crippen molar-refractivity contribution in [1.82, 2.24) is 20.1 Å². The van der Waals surface area contributed by atoms with Crippen molar-refractivity contribution in [2.45, 2.75) is 37.8 Å². The van der Waals surface area contributed by atoms with Gasteiger partial charge in [0.1, 0.15) is 5.69 Å². The zero-order valence-corrected chi connectivity index (χ0v) is 24.0. The molecule has 1 aromatic heterocycles. The average molecular weight is 565 g/mol. The topological polar surface area (TPSA) is 93.2 Å². The predicted molar refractivity (Wildman–Crippen MR) is 154 cm³/mol. The van der Waals surface area contributed by atoms with Crippen LogP contribution in [0, 0.1) is 0 Å². The highest BCUT2D eigenvalue weighted by atomic mass is 32.1. The number of nitrogens with one attached hydrogen (secondary N) is 1. The number of carbonyl (C=O) groups is 2. The average Bonchev–Trinajstić information content (AvgIpc) is 3.66. The number of aromatic nitrogens is 1. The van der Waals surface area contributed by atoms with Crippen molar-refractivity contribution in [3.05, 3.63) is 69.7 Å². The summed E-state index contributed by atoms with van der Waals surface area (Å²) in [5.74, 6) is 1.29. The molecule has 2 aliphatic rings. The van der Waals surface area contributed by atoms with Crippen LogP contribution in [0.4, 0.5) is 0 Å². The Morgan fingerprint density at radius 1 is 0.950 bits per heavy atom. The van der Waals surface area contributed by atoms with Gasteiger partial charge in [-0.1, -0.05) is 30.3 Å². The molecule has 0 bridgehead atoms. The van der Waals surface area contributed by atoms with Crippen LogP contribution in [0.25, 0.3) is 0 Å². The van der Waals surface area contributed by atoms with E-state index in [2.05, 4.69) is 34.5 Å². The maximum absolute atomic E-state index is 13.4. The molecule has 2 aromatic carbocycles. The molecule has 3 heterocycles. The third kappa shape index (κ3) is 6.08. The molecule has 1 atom stereocenters. The number of benzene rings is 2. The van der Waals surface area contributed by atoms with Crippen molar-refractivity contribution in [1.29, 1.82) is 0 Å². The second-order valence-electron chi connectivity index (χ2n) is 10.2. The van der Waals surface area contributed by atoms with Gasteiger partial charge in [-0.05, 0) is 37.0 Å². The van der Waals surface area contributed by atoms with Crippen LogP contribution in [0.15, 0.2) is 47.8 Å². The lowest BCUT2D eigenvalue weighted by Gasteiger charge is -2.31. The Balaban J connectivity index is 1.14. The van der Waals surface area contributed by atoms with Gasteiger partial charge in [0, 0.05) is 50.1 Å². The van der Waals surface area contributed by atoms with Crippen molar-refractivity contribution in [2.24, 2.45) is 0 Å². The summed E-state index contributed by atoms with van der Waals surface area (Å²) in [6.45, 7) is 3.90. The minimum Gasteiger partial charge on any atom is -0.493 e. The first-order chi connectivity index (χ1) is 19.5. The molecule has 2 amide bonds. The monoisotopic (exact) mass is 564 g/mol. The smallest absolute Gasteiger partial charge is 0.271 e. The Hall–Kier alpha value is -3.63. The summed E-state index contributed by atoms with van der Waals surface area (Å²) in [7, 11) is 4.59. The normalized spacial score (nSPS) is 18.0. The molecule has 0 saturated carbocycles. The molecule has 1 N–H and O–H groups in total. The van der Waals surface area contributed by atoms with Crippen molar-refractivity contribution in [3.63, 3.8) is 0 Å². The zero-order chi connectivity index (χ0) is 28.1. The standard InChI is InChI=1S/C30H36N4O5S/c1-37-25-10-9-23(26(38-2)27(25)39-3)30(36)34-15-11-21(12-16-34)29-32-24(19-40-29)28(35)31-22-13-14-33(18-22)17-20-7-5-4-6-8-20/h4-10,19,21-22H,11-18H2,1-3H3,(H,31,35). The number of amides is 2. The van der Waals surface area contributed by atoms with Gasteiger partial charge in [0.2, 0.25) is 5.75 Å². The third-order valence-electron chi connectivity index (χ3n) is 7.68. The molecule has 1 unspecified atom stereocenters. The number of hydrogen-bond acceptors (Lipinski definition) is 8. The number of carbonyl (C=O) groups excluding carboxylic acids is 2. The van der Waals surface area contributed by atoms with E-state index in [1.54, 1.807) is 19.2 Å². The minimum absolute atomic E-state index is 0.103. The van der Waals surface area contributed by atoms with Crippen LogP contribution < -0.4 is 19.5 Å². The third-order valence-corrected chi connectivity index (χ3v) is 8.68. The lowest BCUT2D eigenvalue weighted by atomic mass is 9.97. The summed E-state index contributed by atoms with van der Waals surface area (Å²) in [4.78, 5) is 35.2. The maximum Gasteiger partial charge on any atom is 0.271 e.